The molecule has 1 aromatic carbocycles. The van der Waals surface area contributed by atoms with E-state index in [1.54, 1.807) is 31.2 Å². The largest absolute Gasteiger partial charge is 0.424 e. The molecule has 1 aromatic heterocycles. The van der Waals surface area contributed by atoms with Crippen molar-refractivity contribution in [1.82, 2.24) is 15.0 Å². The summed E-state index contributed by atoms with van der Waals surface area (Å²) in [6.45, 7) is 3.14. The second-order valence-corrected chi connectivity index (χ2v) is 4.08. The van der Waals surface area contributed by atoms with Crippen LogP contribution in [0.1, 0.15) is 12.7 Å². The van der Waals surface area contributed by atoms with Crippen molar-refractivity contribution in [3.63, 3.8) is 0 Å². The van der Waals surface area contributed by atoms with Crippen LogP contribution in [-0.2, 0) is 4.79 Å². The topological polar surface area (TPSA) is 77.0 Å². The first-order valence-electron chi connectivity index (χ1n) is 5.46. The Labute approximate surface area is 114 Å². The number of benzene rings is 1. The highest BCUT2D eigenvalue weighted by Gasteiger charge is 2.05. The van der Waals surface area contributed by atoms with Gasteiger partial charge in [0.05, 0.1) is 0 Å². The van der Waals surface area contributed by atoms with E-state index in [9.17, 15) is 4.79 Å². The molecule has 0 aliphatic rings. The number of hydrogen-bond donors (Lipinski definition) is 1. The Balaban J connectivity index is 2.12. The highest BCUT2D eigenvalue weighted by atomic mass is 35.5. The summed E-state index contributed by atoms with van der Waals surface area (Å²) < 4.78 is 5.44. The van der Waals surface area contributed by atoms with Gasteiger partial charge in [-0.1, -0.05) is 0 Å². The van der Waals surface area contributed by atoms with Crippen LogP contribution in [-0.4, -0.2) is 20.9 Å². The molecule has 98 valence electrons. The SMILES string of the molecule is CC(=O)Nc1ccc(Oc2nc(C)nc(Cl)n2)cc1. The zero-order valence-corrected chi connectivity index (χ0v) is 11.1. The Hall–Kier alpha value is -2.21. The number of aromatic nitrogens is 3. The first-order valence-corrected chi connectivity index (χ1v) is 5.84. The summed E-state index contributed by atoms with van der Waals surface area (Å²) in [6.07, 6.45) is 0. The fourth-order valence-corrected chi connectivity index (χ4v) is 1.58. The van der Waals surface area contributed by atoms with E-state index in [1.165, 1.54) is 6.92 Å². The minimum atomic E-state index is -0.131. The Morgan fingerprint density at radius 1 is 1.21 bits per heavy atom. The average Bonchev–Trinajstić information content (AvgIpc) is 2.29. The van der Waals surface area contributed by atoms with Crippen molar-refractivity contribution in [2.45, 2.75) is 13.8 Å². The molecule has 0 bridgehead atoms. The number of rotatable bonds is 3. The third kappa shape index (κ3) is 3.89. The Morgan fingerprint density at radius 3 is 2.47 bits per heavy atom. The number of anilines is 1. The molecule has 0 radical (unpaired) electrons. The van der Waals surface area contributed by atoms with Gasteiger partial charge in [0, 0.05) is 12.6 Å². The monoisotopic (exact) mass is 278 g/mol. The maximum atomic E-state index is 10.9. The molecule has 6 nitrogen and oxygen atoms in total. The molecule has 19 heavy (non-hydrogen) atoms. The van der Waals surface area contributed by atoms with E-state index in [0.717, 1.165) is 0 Å². The molecule has 0 spiro atoms. The van der Waals surface area contributed by atoms with Crippen LogP contribution in [0.5, 0.6) is 11.8 Å². The Morgan fingerprint density at radius 2 is 1.89 bits per heavy atom. The number of amides is 1. The van der Waals surface area contributed by atoms with E-state index < -0.39 is 0 Å². The first-order chi connectivity index (χ1) is 9.02. The van der Waals surface area contributed by atoms with E-state index in [-0.39, 0.29) is 17.2 Å². The van der Waals surface area contributed by atoms with Crippen molar-refractivity contribution in [2.24, 2.45) is 0 Å². The number of aryl methyl sites for hydroxylation is 1. The molecule has 0 aliphatic heterocycles. The van der Waals surface area contributed by atoms with Gasteiger partial charge < -0.3 is 10.1 Å². The number of nitrogens with one attached hydrogen (secondary N) is 1. The minimum Gasteiger partial charge on any atom is -0.424 e. The molecular weight excluding hydrogens is 268 g/mol. The zero-order valence-electron chi connectivity index (χ0n) is 10.3. The van der Waals surface area contributed by atoms with E-state index in [2.05, 4.69) is 20.3 Å². The summed E-state index contributed by atoms with van der Waals surface area (Å²) in [7, 11) is 0. The lowest BCUT2D eigenvalue weighted by Crippen LogP contribution is -2.05. The number of hydrogen-bond acceptors (Lipinski definition) is 5. The van der Waals surface area contributed by atoms with Gasteiger partial charge in [0.15, 0.2) is 0 Å². The quantitative estimate of drug-likeness (QED) is 0.934. The highest BCUT2D eigenvalue weighted by molar-refractivity contribution is 6.28. The molecule has 0 aliphatic carbocycles. The summed E-state index contributed by atoms with van der Waals surface area (Å²) >= 11 is 5.71. The maximum absolute atomic E-state index is 10.9. The second kappa shape index (κ2) is 5.62. The van der Waals surface area contributed by atoms with Crippen LogP contribution in [0, 0.1) is 6.92 Å². The molecule has 2 aromatic rings. The fraction of sp³-hybridized carbons (Fsp3) is 0.167. The summed E-state index contributed by atoms with van der Waals surface area (Å²) in [5.41, 5.74) is 0.685. The van der Waals surface area contributed by atoms with Gasteiger partial charge >= 0.3 is 6.01 Å². The second-order valence-electron chi connectivity index (χ2n) is 3.74. The summed E-state index contributed by atoms with van der Waals surface area (Å²) in [5.74, 6) is 0.883. The van der Waals surface area contributed by atoms with Crippen molar-refractivity contribution in [1.29, 1.82) is 0 Å². The van der Waals surface area contributed by atoms with Gasteiger partial charge in [0.2, 0.25) is 11.2 Å². The fourth-order valence-electron chi connectivity index (χ4n) is 1.39. The van der Waals surface area contributed by atoms with Crippen LogP contribution in [0.15, 0.2) is 24.3 Å². The summed E-state index contributed by atoms with van der Waals surface area (Å²) in [5, 5.41) is 2.74. The van der Waals surface area contributed by atoms with Crippen LogP contribution in [0.25, 0.3) is 0 Å². The van der Waals surface area contributed by atoms with Crippen molar-refractivity contribution in [2.75, 3.05) is 5.32 Å². The van der Waals surface area contributed by atoms with E-state index in [0.29, 0.717) is 17.3 Å². The van der Waals surface area contributed by atoms with E-state index in [1.807, 2.05) is 0 Å². The zero-order chi connectivity index (χ0) is 13.8. The summed E-state index contributed by atoms with van der Waals surface area (Å²) in [6, 6.07) is 6.94. The van der Waals surface area contributed by atoms with Gasteiger partial charge in [-0.25, -0.2) is 4.98 Å². The molecule has 2 rings (SSSR count). The van der Waals surface area contributed by atoms with Gasteiger partial charge in [0.1, 0.15) is 11.6 Å². The molecule has 0 saturated carbocycles. The van der Waals surface area contributed by atoms with E-state index >= 15 is 0 Å². The lowest BCUT2D eigenvalue weighted by atomic mass is 10.3. The van der Waals surface area contributed by atoms with Gasteiger partial charge in [0.25, 0.3) is 0 Å². The Kier molecular flexibility index (Phi) is 3.91. The van der Waals surface area contributed by atoms with Crippen molar-refractivity contribution in [3.8, 4) is 11.8 Å². The van der Waals surface area contributed by atoms with Crippen LogP contribution in [0.2, 0.25) is 5.28 Å². The van der Waals surface area contributed by atoms with Crippen molar-refractivity contribution < 1.29 is 9.53 Å². The third-order valence-electron chi connectivity index (χ3n) is 2.08. The molecule has 0 fully saturated rings. The van der Waals surface area contributed by atoms with E-state index in [4.69, 9.17) is 16.3 Å². The van der Waals surface area contributed by atoms with Crippen LogP contribution < -0.4 is 10.1 Å². The number of carbonyl (C=O) groups is 1. The standard InChI is InChI=1S/C12H11ClN4O2/c1-7-14-11(13)17-12(15-7)19-10-5-3-9(4-6-10)16-8(2)18/h3-6H,1-2H3,(H,16,18). The summed E-state index contributed by atoms with van der Waals surface area (Å²) in [4.78, 5) is 22.6. The molecule has 0 atom stereocenters. The van der Waals surface area contributed by atoms with Crippen LogP contribution in [0.4, 0.5) is 5.69 Å². The number of nitrogens with zero attached hydrogens (tertiary/aromatic N) is 3. The van der Waals surface area contributed by atoms with Gasteiger partial charge in [-0.15, -0.1) is 0 Å². The predicted molar refractivity (Wildman–Crippen MR) is 70.4 cm³/mol. The number of carbonyl (C=O) groups excluding carboxylic acids is 1. The first kappa shape index (κ1) is 13.2. The molecule has 0 saturated heterocycles. The van der Waals surface area contributed by atoms with Crippen molar-refractivity contribution >= 4 is 23.2 Å². The predicted octanol–water partition coefficient (Wildman–Crippen LogP) is 2.58. The lowest BCUT2D eigenvalue weighted by Gasteiger charge is -2.06. The number of ether oxygens (including phenoxy) is 1. The molecule has 1 heterocycles. The van der Waals surface area contributed by atoms with Crippen LogP contribution >= 0.6 is 11.6 Å². The van der Waals surface area contributed by atoms with Crippen LogP contribution in [0.3, 0.4) is 0 Å². The average molecular weight is 279 g/mol. The highest BCUT2D eigenvalue weighted by Crippen LogP contribution is 2.20. The number of halogens is 1. The minimum absolute atomic E-state index is 0.0809. The van der Waals surface area contributed by atoms with Gasteiger partial charge in [-0.05, 0) is 42.8 Å². The third-order valence-corrected chi connectivity index (χ3v) is 2.25. The molecule has 1 amide bonds. The van der Waals surface area contributed by atoms with Gasteiger partial charge in [-0.2, -0.15) is 9.97 Å². The molecule has 7 heteroatoms. The normalized spacial score (nSPS) is 10.1. The van der Waals surface area contributed by atoms with Crippen molar-refractivity contribution in [3.05, 3.63) is 35.4 Å². The smallest absolute Gasteiger partial charge is 0.326 e. The lowest BCUT2D eigenvalue weighted by molar-refractivity contribution is -0.114. The van der Waals surface area contributed by atoms with Gasteiger partial charge in [-0.3, -0.25) is 4.79 Å². The Bertz CT molecular complexity index is 581. The molecular formula is C12H11ClN4O2. The maximum Gasteiger partial charge on any atom is 0.326 e. The molecule has 1 N–H and O–H groups in total. The molecule has 0 unspecified atom stereocenters.